The molecule has 1 atom stereocenters. The standard InChI is InChI=1S/C10H18N2O3S/c1-7(2)16(14,15)12-9-5-3-8(4-6-9)10(11)13/h3,7,9,12H,4-6H2,1-2H3,(H2,11,13). The van der Waals surface area contributed by atoms with E-state index in [1.165, 1.54) is 0 Å². The molecule has 1 rings (SSSR count). The summed E-state index contributed by atoms with van der Waals surface area (Å²) in [4.78, 5) is 10.9. The van der Waals surface area contributed by atoms with Gasteiger partial charge in [-0.3, -0.25) is 4.79 Å². The Morgan fingerprint density at radius 1 is 1.56 bits per heavy atom. The van der Waals surface area contributed by atoms with E-state index in [1.807, 2.05) is 0 Å². The van der Waals surface area contributed by atoms with E-state index in [4.69, 9.17) is 5.73 Å². The molecule has 16 heavy (non-hydrogen) atoms. The van der Waals surface area contributed by atoms with Gasteiger partial charge in [0.25, 0.3) is 0 Å². The Labute approximate surface area is 96.1 Å². The molecule has 3 N–H and O–H groups in total. The van der Waals surface area contributed by atoms with Gasteiger partial charge in [0.15, 0.2) is 0 Å². The number of carbonyl (C=O) groups is 1. The van der Waals surface area contributed by atoms with Crippen molar-refractivity contribution in [2.24, 2.45) is 5.73 Å². The average Bonchev–Trinajstić information content (AvgIpc) is 2.17. The van der Waals surface area contributed by atoms with Gasteiger partial charge in [-0.05, 0) is 33.1 Å². The maximum Gasteiger partial charge on any atom is 0.244 e. The first-order valence-corrected chi connectivity index (χ1v) is 6.87. The van der Waals surface area contributed by atoms with Crippen LogP contribution >= 0.6 is 0 Å². The molecule has 0 saturated heterocycles. The Kier molecular flexibility index (Phi) is 4.09. The largest absolute Gasteiger partial charge is 0.366 e. The molecule has 0 aliphatic heterocycles. The fourth-order valence-electron chi connectivity index (χ4n) is 1.53. The lowest BCUT2D eigenvalue weighted by Crippen LogP contribution is -2.40. The summed E-state index contributed by atoms with van der Waals surface area (Å²) >= 11 is 0. The molecule has 0 spiro atoms. The van der Waals surface area contributed by atoms with E-state index in [-0.39, 0.29) is 6.04 Å². The van der Waals surface area contributed by atoms with Gasteiger partial charge in [-0.1, -0.05) is 6.08 Å². The maximum atomic E-state index is 11.6. The topological polar surface area (TPSA) is 89.3 Å². The van der Waals surface area contributed by atoms with Crippen molar-refractivity contribution < 1.29 is 13.2 Å². The van der Waals surface area contributed by atoms with Gasteiger partial charge in [0.05, 0.1) is 5.25 Å². The van der Waals surface area contributed by atoms with Gasteiger partial charge in [0, 0.05) is 11.6 Å². The number of nitrogens with one attached hydrogen (secondary N) is 1. The predicted molar refractivity (Wildman–Crippen MR) is 62.1 cm³/mol. The van der Waals surface area contributed by atoms with Crippen molar-refractivity contribution in [3.63, 3.8) is 0 Å². The quantitative estimate of drug-likeness (QED) is 0.746. The Hall–Kier alpha value is -0.880. The summed E-state index contributed by atoms with van der Waals surface area (Å²) in [7, 11) is -3.23. The summed E-state index contributed by atoms with van der Waals surface area (Å²) in [6, 6.07) is -0.115. The second kappa shape index (κ2) is 4.97. The zero-order chi connectivity index (χ0) is 12.3. The smallest absolute Gasteiger partial charge is 0.244 e. The molecule has 0 aromatic rings. The van der Waals surface area contributed by atoms with E-state index < -0.39 is 21.2 Å². The number of rotatable bonds is 4. The molecule has 0 saturated carbocycles. The lowest BCUT2D eigenvalue weighted by molar-refractivity contribution is -0.114. The van der Waals surface area contributed by atoms with Crippen LogP contribution < -0.4 is 10.5 Å². The highest BCUT2D eigenvalue weighted by Gasteiger charge is 2.23. The number of sulfonamides is 1. The van der Waals surface area contributed by atoms with E-state index in [0.29, 0.717) is 24.8 Å². The minimum atomic E-state index is -3.23. The van der Waals surface area contributed by atoms with Crippen molar-refractivity contribution in [2.45, 2.75) is 44.4 Å². The van der Waals surface area contributed by atoms with Crippen molar-refractivity contribution >= 4 is 15.9 Å². The molecule has 1 aliphatic rings. The number of nitrogens with two attached hydrogens (primary N) is 1. The van der Waals surface area contributed by atoms with Crippen molar-refractivity contribution in [1.82, 2.24) is 4.72 Å². The van der Waals surface area contributed by atoms with E-state index in [9.17, 15) is 13.2 Å². The third-order valence-corrected chi connectivity index (χ3v) is 4.58. The summed E-state index contributed by atoms with van der Waals surface area (Å²) in [5.41, 5.74) is 5.74. The number of primary amides is 1. The summed E-state index contributed by atoms with van der Waals surface area (Å²) in [6.45, 7) is 3.27. The van der Waals surface area contributed by atoms with Crippen LogP contribution in [0.4, 0.5) is 0 Å². The minimum absolute atomic E-state index is 0.115. The van der Waals surface area contributed by atoms with Gasteiger partial charge >= 0.3 is 0 Å². The van der Waals surface area contributed by atoms with Crippen LogP contribution in [-0.2, 0) is 14.8 Å². The molecule has 0 heterocycles. The molecule has 1 aliphatic carbocycles. The number of hydrogen-bond donors (Lipinski definition) is 2. The molecule has 6 heteroatoms. The van der Waals surface area contributed by atoms with E-state index in [1.54, 1.807) is 19.9 Å². The summed E-state index contributed by atoms with van der Waals surface area (Å²) in [6.07, 6.45) is 3.42. The highest BCUT2D eigenvalue weighted by atomic mass is 32.2. The van der Waals surface area contributed by atoms with Crippen LogP contribution in [0.5, 0.6) is 0 Å². The van der Waals surface area contributed by atoms with Crippen molar-refractivity contribution in [1.29, 1.82) is 0 Å². The van der Waals surface area contributed by atoms with Gasteiger partial charge in [0.1, 0.15) is 0 Å². The third kappa shape index (κ3) is 3.31. The monoisotopic (exact) mass is 246 g/mol. The first-order chi connectivity index (χ1) is 7.33. The minimum Gasteiger partial charge on any atom is -0.366 e. The first-order valence-electron chi connectivity index (χ1n) is 5.33. The average molecular weight is 246 g/mol. The third-order valence-electron chi connectivity index (χ3n) is 2.68. The second-order valence-corrected chi connectivity index (χ2v) is 6.55. The van der Waals surface area contributed by atoms with E-state index >= 15 is 0 Å². The molecule has 0 fully saturated rings. The zero-order valence-corrected chi connectivity index (χ0v) is 10.4. The van der Waals surface area contributed by atoms with Crippen LogP contribution in [0.2, 0.25) is 0 Å². The van der Waals surface area contributed by atoms with Crippen LogP contribution in [0, 0.1) is 0 Å². The van der Waals surface area contributed by atoms with E-state index in [2.05, 4.69) is 4.72 Å². The summed E-state index contributed by atoms with van der Waals surface area (Å²) in [5, 5.41) is -0.436. The molecular weight excluding hydrogens is 228 g/mol. The highest BCUT2D eigenvalue weighted by Crippen LogP contribution is 2.18. The normalized spacial score (nSPS) is 21.9. The molecule has 0 radical (unpaired) electrons. The Balaban J connectivity index is 2.60. The SMILES string of the molecule is CC(C)S(=O)(=O)NC1CC=C(C(N)=O)CC1. The molecule has 0 aromatic carbocycles. The number of hydrogen-bond acceptors (Lipinski definition) is 3. The molecule has 5 nitrogen and oxygen atoms in total. The van der Waals surface area contributed by atoms with Crippen LogP contribution in [0.3, 0.4) is 0 Å². The maximum absolute atomic E-state index is 11.6. The van der Waals surface area contributed by atoms with Gasteiger partial charge in [-0.15, -0.1) is 0 Å². The van der Waals surface area contributed by atoms with Crippen LogP contribution in [0.1, 0.15) is 33.1 Å². The van der Waals surface area contributed by atoms with Crippen molar-refractivity contribution in [3.05, 3.63) is 11.6 Å². The molecule has 0 bridgehead atoms. The zero-order valence-electron chi connectivity index (χ0n) is 9.56. The Bertz CT molecular complexity index is 398. The first kappa shape index (κ1) is 13.2. The Morgan fingerprint density at radius 2 is 2.19 bits per heavy atom. The van der Waals surface area contributed by atoms with Crippen LogP contribution in [-0.4, -0.2) is 25.6 Å². The molecule has 92 valence electrons. The van der Waals surface area contributed by atoms with Gasteiger partial charge in [-0.25, -0.2) is 13.1 Å². The summed E-state index contributed by atoms with van der Waals surface area (Å²) < 4.78 is 25.8. The number of carbonyl (C=O) groups excluding carboxylic acids is 1. The fraction of sp³-hybridized carbons (Fsp3) is 0.700. The van der Waals surface area contributed by atoms with Gasteiger partial charge in [-0.2, -0.15) is 0 Å². The molecule has 1 unspecified atom stereocenters. The molecule has 0 aromatic heterocycles. The van der Waals surface area contributed by atoms with Crippen LogP contribution in [0.25, 0.3) is 0 Å². The Morgan fingerprint density at radius 3 is 2.56 bits per heavy atom. The summed E-state index contributed by atoms with van der Waals surface area (Å²) in [5.74, 6) is -0.412. The fourth-order valence-corrected chi connectivity index (χ4v) is 2.48. The lowest BCUT2D eigenvalue weighted by Gasteiger charge is -2.22. The van der Waals surface area contributed by atoms with Crippen LogP contribution in [0.15, 0.2) is 11.6 Å². The highest BCUT2D eigenvalue weighted by molar-refractivity contribution is 7.90. The van der Waals surface area contributed by atoms with E-state index in [0.717, 1.165) is 0 Å². The molecule has 1 amide bonds. The second-order valence-electron chi connectivity index (χ2n) is 4.28. The van der Waals surface area contributed by atoms with Crippen molar-refractivity contribution in [2.75, 3.05) is 0 Å². The van der Waals surface area contributed by atoms with Crippen molar-refractivity contribution in [3.8, 4) is 0 Å². The van der Waals surface area contributed by atoms with Gasteiger partial charge in [0.2, 0.25) is 15.9 Å². The lowest BCUT2D eigenvalue weighted by atomic mass is 9.96. The molecular formula is C10H18N2O3S. The predicted octanol–water partition coefficient (Wildman–Crippen LogP) is 0.278. The number of amides is 1. The van der Waals surface area contributed by atoms with Gasteiger partial charge < -0.3 is 5.73 Å².